The molecule has 1 aliphatic heterocycles. The second-order valence-electron chi connectivity index (χ2n) is 6.07. The number of likely N-dealkylation sites (tertiary alicyclic amines) is 1. The maximum atomic E-state index is 6.38. The fraction of sp³-hybridized carbons (Fsp3) is 0.471. The summed E-state index contributed by atoms with van der Waals surface area (Å²) in [6, 6.07) is 10.7. The molecule has 1 aliphatic rings. The summed E-state index contributed by atoms with van der Waals surface area (Å²) < 4.78 is 7.29. The maximum absolute atomic E-state index is 6.38. The molecule has 0 amide bonds. The highest BCUT2D eigenvalue weighted by atomic mass is 16.5. The summed E-state index contributed by atoms with van der Waals surface area (Å²) >= 11 is 0. The van der Waals surface area contributed by atoms with Crippen LogP contribution in [0.3, 0.4) is 0 Å². The maximum Gasteiger partial charge on any atom is 0.216 e. The van der Waals surface area contributed by atoms with Crippen molar-refractivity contribution in [1.29, 1.82) is 0 Å². The minimum atomic E-state index is 0.172. The number of nitrogens with zero attached hydrogens (tertiary/aromatic N) is 3. The van der Waals surface area contributed by atoms with Crippen LogP contribution in [0, 0.1) is 6.92 Å². The number of nitrogens with two attached hydrogens (primary N) is 1. The molecule has 0 bridgehead atoms. The van der Waals surface area contributed by atoms with Crippen LogP contribution >= 0.6 is 0 Å². The van der Waals surface area contributed by atoms with Crippen LogP contribution in [-0.4, -0.2) is 40.9 Å². The molecule has 2 heterocycles. The summed E-state index contributed by atoms with van der Waals surface area (Å²) in [7, 11) is 3.61. The number of rotatable bonds is 4. The Morgan fingerprint density at radius 2 is 2.00 bits per heavy atom. The van der Waals surface area contributed by atoms with Crippen LogP contribution in [0.25, 0.3) is 0 Å². The first kappa shape index (κ1) is 15.1. The predicted octanol–water partition coefficient (Wildman–Crippen LogP) is 1.66. The zero-order valence-corrected chi connectivity index (χ0v) is 13.5. The number of benzene rings is 1. The Kier molecular flexibility index (Phi) is 4.18. The van der Waals surface area contributed by atoms with Gasteiger partial charge in [0.2, 0.25) is 5.88 Å². The molecule has 0 saturated carbocycles. The minimum Gasteiger partial charge on any atom is -0.481 e. The molecule has 2 N–H and O–H groups in total. The largest absolute Gasteiger partial charge is 0.481 e. The van der Waals surface area contributed by atoms with Gasteiger partial charge in [0.15, 0.2) is 0 Å². The summed E-state index contributed by atoms with van der Waals surface area (Å²) in [5, 5.41) is 4.45. The molecule has 5 nitrogen and oxygen atoms in total. The molecule has 3 rings (SSSR count). The van der Waals surface area contributed by atoms with Crippen molar-refractivity contribution in [2.45, 2.75) is 25.4 Å². The monoisotopic (exact) mass is 300 g/mol. The molecule has 1 aromatic carbocycles. The topological polar surface area (TPSA) is 56.3 Å². The molecular formula is C17H24N4O. The lowest BCUT2D eigenvalue weighted by Gasteiger charge is -2.16. The average Bonchev–Trinajstić information content (AvgIpc) is 3.00. The van der Waals surface area contributed by atoms with Gasteiger partial charge in [-0.2, -0.15) is 5.10 Å². The summed E-state index contributed by atoms with van der Waals surface area (Å²) in [6.07, 6.45) is 0. The van der Waals surface area contributed by atoms with Crippen LogP contribution in [0.2, 0.25) is 0 Å². The fourth-order valence-electron chi connectivity index (χ4n) is 3.44. The van der Waals surface area contributed by atoms with Crippen LogP contribution < -0.4 is 10.5 Å². The highest BCUT2D eigenvalue weighted by molar-refractivity contribution is 5.31. The molecule has 0 unspecified atom stereocenters. The third-order valence-corrected chi connectivity index (χ3v) is 4.53. The third-order valence-electron chi connectivity index (χ3n) is 4.53. The van der Waals surface area contributed by atoms with Gasteiger partial charge >= 0.3 is 0 Å². The van der Waals surface area contributed by atoms with Gasteiger partial charge in [-0.1, -0.05) is 30.3 Å². The van der Waals surface area contributed by atoms with Gasteiger partial charge in [-0.05, 0) is 12.5 Å². The first-order chi connectivity index (χ1) is 10.6. The Labute approximate surface area is 131 Å². The summed E-state index contributed by atoms with van der Waals surface area (Å²) in [5.41, 5.74) is 9.88. The standard InChI is InChI=1S/C17H24N4O/c1-12-14(17(22-3)20(2)19-12)9-21-10-15(16(18)11-21)13-7-5-4-6-8-13/h4-8,15-16H,9-11,18H2,1-3H3/t15-,16+/m0/s1. The van der Waals surface area contributed by atoms with Gasteiger partial charge in [-0.25, -0.2) is 4.68 Å². The quantitative estimate of drug-likeness (QED) is 0.933. The molecular weight excluding hydrogens is 276 g/mol. The van der Waals surface area contributed by atoms with Gasteiger partial charge in [0, 0.05) is 38.6 Å². The molecule has 2 aromatic rings. The van der Waals surface area contributed by atoms with Gasteiger partial charge < -0.3 is 10.5 Å². The van der Waals surface area contributed by atoms with E-state index in [0.29, 0.717) is 5.92 Å². The van der Waals surface area contributed by atoms with E-state index in [-0.39, 0.29) is 6.04 Å². The van der Waals surface area contributed by atoms with Crippen molar-refractivity contribution >= 4 is 0 Å². The first-order valence-electron chi connectivity index (χ1n) is 7.69. The van der Waals surface area contributed by atoms with Crippen molar-refractivity contribution in [2.24, 2.45) is 12.8 Å². The molecule has 5 heteroatoms. The molecule has 1 aromatic heterocycles. The number of aryl methyl sites for hydroxylation is 2. The molecule has 0 spiro atoms. The summed E-state index contributed by atoms with van der Waals surface area (Å²) in [6.45, 7) is 4.74. The van der Waals surface area contributed by atoms with Gasteiger partial charge in [0.25, 0.3) is 0 Å². The van der Waals surface area contributed by atoms with E-state index < -0.39 is 0 Å². The van der Waals surface area contributed by atoms with Crippen molar-refractivity contribution in [1.82, 2.24) is 14.7 Å². The third kappa shape index (κ3) is 2.74. The summed E-state index contributed by atoms with van der Waals surface area (Å²) in [5.74, 6) is 1.23. The fourth-order valence-corrected chi connectivity index (χ4v) is 3.44. The Balaban J connectivity index is 1.76. The first-order valence-corrected chi connectivity index (χ1v) is 7.69. The molecule has 1 saturated heterocycles. The lowest BCUT2D eigenvalue weighted by Crippen LogP contribution is -2.28. The van der Waals surface area contributed by atoms with Crippen LogP contribution in [0.1, 0.15) is 22.7 Å². The lowest BCUT2D eigenvalue weighted by atomic mass is 9.95. The number of aromatic nitrogens is 2. The van der Waals surface area contributed by atoms with Crippen LogP contribution in [0.5, 0.6) is 5.88 Å². The normalized spacial score (nSPS) is 22.2. The van der Waals surface area contributed by atoms with E-state index in [1.165, 1.54) is 5.56 Å². The van der Waals surface area contributed by atoms with Gasteiger partial charge in [0.05, 0.1) is 18.4 Å². The number of hydrogen-bond acceptors (Lipinski definition) is 4. The smallest absolute Gasteiger partial charge is 0.216 e. The van der Waals surface area contributed by atoms with E-state index in [2.05, 4.69) is 34.3 Å². The Morgan fingerprint density at radius 3 is 2.68 bits per heavy atom. The highest BCUT2D eigenvalue weighted by Gasteiger charge is 2.32. The molecule has 118 valence electrons. The molecule has 2 atom stereocenters. The number of methoxy groups -OCH3 is 1. The second-order valence-corrected chi connectivity index (χ2v) is 6.07. The molecule has 0 radical (unpaired) electrons. The van der Waals surface area contributed by atoms with Gasteiger partial charge in [-0.15, -0.1) is 0 Å². The Morgan fingerprint density at radius 1 is 1.27 bits per heavy atom. The van der Waals surface area contributed by atoms with Crippen LogP contribution in [-0.2, 0) is 13.6 Å². The van der Waals surface area contributed by atoms with Gasteiger partial charge in [0.1, 0.15) is 0 Å². The molecule has 0 aliphatic carbocycles. The van der Waals surface area contributed by atoms with E-state index in [9.17, 15) is 0 Å². The Bertz CT molecular complexity index is 638. The van der Waals surface area contributed by atoms with Crippen LogP contribution in [0.15, 0.2) is 30.3 Å². The summed E-state index contributed by atoms with van der Waals surface area (Å²) in [4.78, 5) is 2.40. The van der Waals surface area contributed by atoms with E-state index >= 15 is 0 Å². The number of hydrogen-bond donors (Lipinski definition) is 1. The SMILES string of the molecule is COc1c(CN2C[C@@H](N)[C@H](c3ccccc3)C2)c(C)nn1C. The second kappa shape index (κ2) is 6.10. The number of ether oxygens (including phenoxy) is 1. The lowest BCUT2D eigenvalue weighted by molar-refractivity contribution is 0.309. The van der Waals surface area contributed by atoms with Crippen molar-refractivity contribution in [3.05, 3.63) is 47.2 Å². The van der Waals surface area contributed by atoms with Crippen molar-refractivity contribution in [3.8, 4) is 5.88 Å². The zero-order chi connectivity index (χ0) is 15.7. The zero-order valence-electron chi connectivity index (χ0n) is 13.5. The highest BCUT2D eigenvalue weighted by Crippen LogP contribution is 2.30. The average molecular weight is 300 g/mol. The Hall–Kier alpha value is -1.85. The van der Waals surface area contributed by atoms with E-state index in [1.54, 1.807) is 11.8 Å². The van der Waals surface area contributed by atoms with Gasteiger partial charge in [-0.3, -0.25) is 4.90 Å². The van der Waals surface area contributed by atoms with Crippen molar-refractivity contribution in [3.63, 3.8) is 0 Å². The van der Waals surface area contributed by atoms with Crippen molar-refractivity contribution in [2.75, 3.05) is 20.2 Å². The van der Waals surface area contributed by atoms with Crippen molar-refractivity contribution < 1.29 is 4.74 Å². The van der Waals surface area contributed by atoms with E-state index in [0.717, 1.165) is 36.8 Å². The van der Waals surface area contributed by atoms with Crippen LogP contribution in [0.4, 0.5) is 0 Å². The molecule has 1 fully saturated rings. The molecule has 22 heavy (non-hydrogen) atoms. The van der Waals surface area contributed by atoms with E-state index in [1.807, 2.05) is 20.0 Å². The predicted molar refractivity (Wildman–Crippen MR) is 86.9 cm³/mol. The minimum absolute atomic E-state index is 0.172. The van der Waals surface area contributed by atoms with E-state index in [4.69, 9.17) is 10.5 Å².